The molecule has 0 aliphatic carbocycles. The van der Waals surface area contributed by atoms with Gasteiger partial charge in [-0.3, -0.25) is 4.90 Å². The number of para-hydroxylation sites is 2. The van der Waals surface area contributed by atoms with Crippen LogP contribution in [0.1, 0.15) is 25.7 Å². The number of piperazine rings is 1. The standard InChI is InChI=1S/C21H26N4O2S/c1-16(2)14-24-12-13-25(28(26,27)17-8-4-3-5-9-17)20(15-24)21-22-18-10-6-7-11-19(18)23-21/h3-11,16,20H,12-15H2,1-2H3,(H,22,23). The monoisotopic (exact) mass is 398 g/mol. The van der Waals surface area contributed by atoms with Gasteiger partial charge >= 0.3 is 0 Å². The van der Waals surface area contributed by atoms with Crippen molar-refractivity contribution in [2.24, 2.45) is 5.92 Å². The second kappa shape index (κ2) is 7.66. The normalized spacial score (nSPS) is 19.5. The van der Waals surface area contributed by atoms with E-state index in [1.165, 1.54) is 0 Å². The lowest BCUT2D eigenvalue weighted by Gasteiger charge is -2.40. The molecule has 1 unspecified atom stereocenters. The van der Waals surface area contributed by atoms with Crippen LogP contribution in [0.2, 0.25) is 0 Å². The van der Waals surface area contributed by atoms with Gasteiger partial charge in [-0.2, -0.15) is 4.31 Å². The quantitative estimate of drug-likeness (QED) is 0.716. The Morgan fingerprint density at radius 2 is 1.79 bits per heavy atom. The molecule has 7 heteroatoms. The summed E-state index contributed by atoms with van der Waals surface area (Å²) in [4.78, 5) is 10.7. The van der Waals surface area contributed by atoms with Crippen LogP contribution in [0.15, 0.2) is 59.5 Å². The van der Waals surface area contributed by atoms with E-state index in [0.29, 0.717) is 29.7 Å². The van der Waals surface area contributed by atoms with Crippen LogP contribution in [-0.2, 0) is 10.0 Å². The molecule has 2 heterocycles. The van der Waals surface area contributed by atoms with Crippen molar-refractivity contribution in [1.29, 1.82) is 0 Å². The van der Waals surface area contributed by atoms with Crippen molar-refractivity contribution in [2.75, 3.05) is 26.2 Å². The highest BCUT2D eigenvalue weighted by atomic mass is 32.2. The molecule has 0 saturated carbocycles. The van der Waals surface area contributed by atoms with Gasteiger partial charge in [-0.25, -0.2) is 13.4 Å². The number of sulfonamides is 1. The van der Waals surface area contributed by atoms with Crippen LogP contribution in [0.4, 0.5) is 0 Å². The van der Waals surface area contributed by atoms with Crippen LogP contribution in [0.25, 0.3) is 11.0 Å². The summed E-state index contributed by atoms with van der Waals surface area (Å²) in [7, 11) is -3.60. The molecular formula is C21H26N4O2S. The molecule has 0 amide bonds. The molecule has 1 saturated heterocycles. The van der Waals surface area contributed by atoms with Crippen molar-refractivity contribution in [2.45, 2.75) is 24.8 Å². The molecule has 148 valence electrons. The average Bonchev–Trinajstić information content (AvgIpc) is 3.12. The third-order valence-corrected chi connectivity index (χ3v) is 7.03. The maximum atomic E-state index is 13.4. The first-order chi connectivity index (χ1) is 13.4. The number of hydrogen-bond donors (Lipinski definition) is 1. The minimum absolute atomic E-state index is 0.327. The first-order valence-electron chi connectivity index (χ1n) is 9.69. The third kappa shape index (κ3) is 3.70. The fourth-order valence-electron chi connectivity index (χ4n) is 3.87. The molecule has 4 rings (SSSR count). The summed E-state index contributed by atoms with van der Waals surface area (Å²) in [5.41, 5.74) is 1.78. The van der Waals surface area contributed by atoms with Crippen LogP contribution < -0.4 is 0 Å². The van der Waals surface area contributed by atoms with E-state index in [0.717, 1.165) is 24.1 Å². The zero-order chi connectivity index (χ0) is 19.7. The van der Waals surface area contributed by atoms with Gasteiger partial charge in [0.05, 0.1) is 22.0 Å². The molecule has 0 radical (unpaired) electrons. The second-order valence-electron chi connectivity index (χ2n) is 7.74. The molecule has 3 aromatic rings. The van der Waals surface area contributed by atoms with Gasteiger partial charge in [0.25, 0.3) is 0 Å². The van der Waals surface area contributed by atoms with Gasteiger partial charge in [-0.15, -0.1) is 0 Å². The van der Waals surface area contributed by atoms with E-state index in [1.807, 2.05) is 30.3 Å². The lowest BCUT2D eigenvalue weighted by Crippen LogP contribution is -2.51. The van der Waals surface area contributed by atoms with Gasteiger partial charge in [0.2, 0.25) is 10.0 Å². The van der Waals surface area contributed by atoms with Crippen LogP contribution in [-0.4, -0.2) is 53.8 Å². The van der Waals surface area contributed by atoms with Crippen molar-refractivity contribution in [3.8, 4) is 0 Å². The Labute approximate surface area is 166 Å². The Morgan fingerprint density at radius 1 is 1.07 bits per heavy atom. The minimum Gasteiger partial charge on any atom is -0.341 e. The molecule has 2 aromatic carbocycles. The lowest BCUT2D eigenvalue weighted by molar-refractivity contribution is 0.120. The average molecular weight is 399 g/mol. The maximum absolute atomic E-state index is 13.4. The maximum Gasteiger partial charge on any atom is 0.243 e. The van der Waals surface area contributed by atoms with Crippen LogP contribution in [0.5, 0.6) is 0 Å². The number of imidazole rings is 1. The molecule has 1 aliphatic heterocycles. The van der Waals surface area contributed by atoms with Crippen molar-refractivity contribution in [3.63, 3.8) is 0 Å². The fourth-order valence-corrected chi connectivity index (χ4v) is 5.47. The number of fused-ring (bicyclic) bond motifs is 1. The van der Waals surface area contributed by atoms with E-state index in [1.54, 1.807) is 28.6 Å². The van der Waals surface area contributed by atoms with Crippen molar-refractivity contribution in [3.05, 3.63) is 60.4 Å². The number of nitrogens with one attached hydrogen (secondary N) is 1. The molecule has 1 N–H and O–H groups in total. The van der Waals surface area contributed by atoms with Crippen LogP contribution in [0, 0.1) is 5.92 Å². The first kappa shape index (κ1) is 19.1. The SMILES string of the molecule is CC(C)CN1CCN(S(=O)(=O)c2ccccc2)C(c2nc3ccccc3[nH]2)C1. The Bertz CT molecular complexity index is 1010. The van der Waals surface area contributed by atoms with Crippen molar-refractivity contribution in [1.82, 2.24) is 19.2 Å². The smallest absolute Gasteiger partial charge is 0.243 e. The third-order valence-electron chi connectivity index (χ3n) is 5.11. The second-order valence-corrected chi connectivity index (χ2v) is 9.63. The number of H-pyrrole nitrogens is 1. The molecular weight excluding hydrogens is 372 g/mol. The summed E-state index contributed by atoms with van der Waals surface area (Å²) >= 11 is 0. The van der Waals surface area contributed by atoms with E-state index in [-0.39, 0.29) is 6.04 Å². The fraction of sp³-hybridized carbons (Fsp3) is 0.381. The Hall–Kier alpha value is -2.22. The van der Waals surface area contributed by atoms with Gasteiger partial charge in [0.15, 0.2) is 0 Å². The molecule has 1 aromatic heterocycles. The predicted octanol–water partition coefficient (Wildman–Crippen LogP) is 3.27. The van der Waals surface area contributed by atoms with E-state index in [2.05, 4.69) is 23.7 Å². The number of aromatic nitrogens is 2. The summed E-state index contributed by atoms with van der Waals surface area (Å²) in [5, 5.41) is 0. The van der Waals surface area contributed by atoms with Gasteiger partial charge in [-0.05, 0) is 30.2 Å². The van der Waals surface area contributed by atoms with Crippen molar-refractivity contribution >= 4 is 21.1 Å². The molecule has 6 nitrogen and oxygen atoms in total. The lowest BCUT2D eigenvalue weighted by atomic mass is 10.1. The molecule has 1 atom stereocenters. The van der Waals surface area contributed by atoms with Gasteiger partial charge in [0, 0.05) is 26.2 Å². The zero-order valence-electron chi connectivity index (χ0n) is 16.2. The van der Waals surface area contributed by atoms with E-state index in [4.69, 9.17) is 4.98 Å². The van der Waals surface area contributed by atoms with Gasteiger partial charge in [-0.1, -0.05) is 44.2 Å². The summed E-state index contributed by atoms with van der Waals surface area (Å²) in [5.74, 6) is 1.22. The summed E-state index contributed by atoms with van der Waals surface area (Å²) < 4.78 is 28.4. The number of hydrogen-bond acceptors (Lipinski definition) is 4. The van der Waals surface area contributed by atoms with Gasteiger partial charge < -0.3 is 4.98 Å². The molecule has 0 spiro atoms. The highest BCUT2D eigenvalue weighted by Gasteiger charge is 2.38. The van der Waals surface area contributed by atoms with E-state index >= 15 is 0 Å². The Morgan fingerprint density at radius 3 is 2.50 bits per heavy atom. The number of benzene rings is 2. The summed E-state index contributed by atoms with van der Waals surface area (Å²) in [6, 6.07) is 16.1. The van der Waals surface area contributed by atoms with Gasteiger partial charge in [0.1, 0.15) is 5.82 Å². The van der Waals surface area contributed by atoms with Crippen molar-refractivity contribution < 1.29 is 8.42 Å². The number of nitrogens with zero attached hydrogens (tertiary/aromatic N) is 3. The highest BCUT2D eigenvalue weighted by Crippen LogP contribution is 2.31. The van der Waals surface area contributed by atoms with E-state index < -0.39 is 10.0 Å². The molecule has 0 bridgehead atoms. The van der Waals surface area contributed by atoms with Crippen LogP contribution in [0.3, 0.4) is 0 Å². The largest absolute Gasteiger partial charge is 0.341 e. The topological polar surface area (TPSA) is 69.3 Å². The number of rotatable bonds is 5. The zero-order valence-corrected chi connectivity index (χ0v) is 17.1. The molecule has 1 fully saturated rings. The first-order valence-corrected chi connectivity index (χ1v) is 11.1. The van der Waals surface area contributed by atoms with Crippen LogP contribution >= 0.6 is 0 Å². The summed E-state index contributed by atoms with van der Waals surface area (Å²) in [6.45, 7) is 7.11. The number of aromatic amines is 1. The molecule has 1 aliphatic rings. The van der Waals surface area contributed by atoms with E-state index in [9.17, 15) is 8.42 Å². The predicted molar refractivity (Wildman–Crippen MR) is 110 cm³/mol. The highest BCUT2D eigenvalue weighted by molar-refractivity contribution is 7.89. The Balaban J connectivity index is 1.73. The Kier molecular flexibility index (Phi) is 5.23. The summed E-state index contributed by atoms with van der Waals surface area (Å²) in [6.07, 6.45) is 0. The molecule has 28 heavy (non-hydrogen) atoms. The minimum atomic E-state index is -3.60.